The van der Waals surface area contributed by atoms with Crippen molar-refractivity contribution in [2.24, 2.45) is 16.8 Å². The molecule has 166 valence electrons. The number of fused-ring (bicyclic) bond motifs is 2. The quantitative estimate of drug-likeness (QED) is 0.353. The zero-order valence-electron chi connectivity index (χ0n) is 18.4. The summed E-state index contributed by atoms with van der Waals surface area (Å²) in [5.41, 5.74) is 2.73. The van der Waals surface area contributed by atoms with Crippen molar-refractivity contribution in [3.63, 3.8) is 0 Å². The summed E-state index contributed by atoms with van der Waals surface area (Å²) in [6.07, 6.45) is 12.0. The van der Waals surface area contributed by atoms with Crippen molar-refractivity contribution in [1.82, 2.24) is 0 Å². The van der Waals surface area contributed by atoms with Crippen LogP contribution in [0.3, 0.4) is 0 Å². The highest BCUT2D eigenvalue weighted by Gasteiger charge is 2.39. The number of nitrogens with one attached hydrogen (secondary N) is 1. The van der Waals surface area contributed by atoms with Crippen molar-refractivity contribution < 1.29 is 19.1 Å². The van der Waals surface area contributed by atoms with E-state index in [-0.39, 0.29) is 28.6 Å². The van der Waals surface area contributed by atoms with E-state index in [1.54, 1.807) is 12.1 Å². The van der Waals surface area contributed by atoms with Crippen LogP contribution in [0.25, 0.3) is 6.08 Å². The Hall–Kier alpha value is -2.93. The van der Waals surface area contributed by atoms with Crippen molar-refractivity contribution in [1.29, 1.82) is 0 Å². The maximum Gasteiger partial charge on any atom is 0.308 e. The number of alkyl halides is 1. The summed E-state index contributed by atoms with van der Waals surface area (Å²) < 4.78 is 10.8. The van der Waals surface area contributed by atoms with Gasteiger partial charge in [-0.05, 0) is 25.0 Å². The zero-order valence-corrected chi connectivity index (χ0v) is 20.0. The molecule has 0 radical (unpaired) electrons. The van der Waals surface area contributed by atoms with E-state index in [0.717, 1.165) is 22.7 Å². The minimum absolute atomic E-state index is 0.0526. The van der Waals surface area contributed by atoms with Crippen molar-refractivity contribution >= 4 is 45.3 Å². The third kappa shape index (κ3) is 4.21. The monoisotopic (exact) mass is 496 g/mol. The molecule has 2 aliphatic heterocycles. The SMILES string of the molecule is CC(=O)OC1=CC=CC2C1=NC(C(Br)C1(C)C=Cc3cccc(OC(C)=O)c3N1)=CC2C. The van der Waals surface area contributed by atoms with Gasteiger partial charge < -0.3 is 14.8 Å². The van der Waals surface area contributed by atoms with Crippen LogP contribution in [-0.4, -0.2) is 28.0 Å². The third-order valence-corrected chi connectivity index (χ3v) is 7.16. The molecule has 6 nitrogen and oxygen atoms in total. The van der Waals surface area contributed by atoms with E-state index in [0.29, 0.717) is 11.5 Å². The Kier molecular flexibility index (Phi) is 5.95. The Morgan fingerprint density at radius 3 is 2.69 bits per heavy atom. The number of allylic oxidation sites excluding steroid dienone is 5. The van der Waals surface area contributed by atoms with Crippen molar-refractivity contribution in [2.45, 2.75) is 38.1 Å². The highest BCUT2D eigenvalue weighted by Crippen LogP contribution is 2.42. The molecule has 0 bridgehead atoms. The zero-order chi connectivity index (χ0) is 23.0. The van der Waals surface area contributed by atoms with Gasteiger partial charge in [0.15, 0.2) is 11.5 Å². The van der Waals surface area contributed by atoms with Crippen LogP contribution in [0.1, 0.15) is 33.3 Å². The first kappa shape index (κ1) is 22.3. The van der Waals surface area contributed by atoms with Gasteiger partial charge in [0.1, 0.15) is 0 Å². The number of nitrogens with zero attached hydrogens (tertiary/aromatic N) is 1. The fraction of sp³-hybridized carbons (Fsp3) is 0.320. The molecule has 7 heteroatoms. The molecule has 3 aliphatic rings. The first-order chi connectivity index (χ1) is 15.2. The molecule has 1 aromatic rings. The van der Waals surface area contributed by atoms with Gasteiger partial charge in [0.25, 0.3) is 0 Å². The summed E-state index contributed by atoms with van der Waals surface area (Å²) in [6, 6.07) is 5.59. The largest absolute Gasteiger partial charge is 0.425 e. The molecule has 0 saturated heterocycles. The molecule has 0 aromatic heterocycles. The van der Waals surface area contributed by atoms with Gasteiger partial charge in [0, 0.05) is 25.3 Å². The minimum Gasteiger partial charge on any atom is -0.425 e. The van der Waals surface area contributed by atoms with Gasteiger partial charge in [-0.2, -0.15) is 0 Å². The number of rotatable bonds is 4. The Morgan fingerprint density at radius 2 is 1.97 bits per heavy atom. The molecule has 1 N–H and O–H groups in total. The van der Waals surface area contributed by atoms with Crippen LogP contribution < -0.4 is 10.1 Å². The van der Waals surface area contributed by atoms with E-state index >= 15 is 0 Å². The Morgan fingerprint density at radius 1 is 1.22 bits per heavy atom. The van der Waals surface area contributed by atoms with Crippen LogP contribution in [0, 0.1) is 11.8 Å². The minimum atomic E-state index is -0.554. The molecule has 1 aliphatic carbocycles. The van der Waals surface area contributed by atoms with Gasteiger partial charge in [-0.25, -0.2) is 0 Å². The molecule has 4 rings (SSSR count). The van der Waals surface area contributed by atoms with Crippen molar-refractivity contribution in [2.75, 3.05) is 5.32 Å². The summed E-state index contributed by atoms with van der Waals surface area (Å²) in [5, 5.41) is 3.54. The summed E-state index contributed by atoms with van der Waals surface area (Å²) in [6.45, 7) is 6.96. The smallest absolute Gasteiger partial charge is 0.308 e. The number of esters is 2. The fourth-order valence-electron chi connectivity index (χ4n) is 4.18. The van der Waals surface area contributed by atoms with E-state index in [1.165, 1.54) is 13.8 Å². The number of halogens is 1. The van der Waals surface area contributed by atoms with Crippen LogP contribution in [0.2, 0.25) is 0 Å². The molecular weight excluding hydrogens is 472 g/mol. The first-order valence-corrected chi connectivity index (χ1v) is 11.4. The van der Waals surface area contributed by atoms with Crippen LogP contribution in [0.5, 0.6) is 5.75 Å². The lowest BCUT2D eigenvalue weighted by Gasteiger charge is -2.39. The van der Waals surface area contributed by atoms with Gasteiger partial charge in [-0.1, -0.05) is 65.4 Å². The van der Waals surface area contributed by atoms with Gasteiger partial charge in [-0.3, -0.25) is 14.6 Å². The fourth-order valence-corrected chi connectivity index (χ4v) is 4.70. The maximum absolute atomic E-state index is 11.6. The number of carbonyl (C=O) groups excluding carboxylic acids is 2. The average Bonchev–Trinajstić information content (AvgIpc) is 2.73. The summed E-state index contributed by atoms with van der Waals surface area (Å²) in [7, 11) is 0. The molecule has 4 atom stereocenters. The average molecular weight is 497 g/mol. The number of para-hydroxylation sites is 1. The number of benzene rings is 1. The lowest BCUT2D eigenvalue weighted by molar-refractivity contribution is -0.136. The van der Waals surface area contributed by atoms with Gasteiger partial charge in [0.05, 0.1) is 27.5 Å². The highest BCUT2D eigenvalue weighted by atomic mass is 79.9. The molecule has 4 unspecified atom stereocenters. The van der Waals surface area contributed by atoms with Gasteiger partial charge in [0.2, 0.25) is 0 Å². The number of ether oxygens (including phenoxy) is 2. The van der Waals surface area contributed by atoms with Crippen LogP contribution >= 0.6 is 15.9 Å². The van der Waals surface area contributed by atoms with Crippen LogP contribution in [0.15, 0.2) is 65.0 Å². The highest BCUT2D eigenvalue weighted by molar-refractivity contribution is 9.09. The third-order valence-electron chi connectivity index (χ3n) is 5.74. The molecule has 0 amide bonds. The van der Waals surface area contributed by atoms with Gasteiger partial charge >= 0.3 is 11.9 Å². The second kappa shape index (κ2) is 8.54. The number of hydrogen-bond acceptors (Lipinski definition) is 6. The van der Waals surface area contributed by atoms with Crippen molar-refractivity contribution in [3.05, 3.63) is 65.6 Å². The number of hydrogen-bond donors (Lipinski definition) is 1. The molecule has 0 spiro atoms. The van der Waals surface area contributed by atoms with Crippen LogP contribution in [-0.2, 0) is 14.3 Å². The molecule has 2 heterocycles. The summed E-state index contributed by atoms with van der Waals surface area (Å²) >= 11 is 3.86. The summed E-state index contributed by atoms with van der Waals surface area (Å²) in [4.78, 5) is 27.9. The molecule has 0 saturated carbocycles. The molecule has 0 fully saturated rings. The first-order valence-electron chi connectivity index (χ1n) is 10.5. The predicted molar refractivity (Wildman–Crippen MR) is 129 cm³/mol. The molecular formula is C25H25BrN2O4. The second-order valence-electron chi connectivity index (χ2n) is 8.40. The Labute approximate surface area is 195 Å². The van der Waals surface area contributed by atoms with Crippen molar-refractivity contribution in [3.8, 4) is 5.75 Å². The van der Waals surface area contributed by atoms with E-state index in [4.69, 9.17) is 14.5 Å². The summed E-state index contributed by atoms with van der Waals surface area (Å²) in [5.74, 6) is 0.459. The molecule has 1 aromatic carbocycles. The Balaban J connectivity index is 1.66. The standard InChI is InChI=1S/C25H25BrN2O4/c1-14-13-19(27-23-18(14)8-6-10-21(23)32-16(3)30)24(26)25(4)12-11-17-7-5-9-20(22(17)28-25)31-15(2)29/h5-14,18,24,28H,1-4H3. The van der Waals surface area contributed by atoms with E-state index in [2.05, 4.69) is 53.3 Å². The van der Waals surface area contributed by atoms with E-state index < -0.39 is 5.54 Å². The lowest BCUT2D eigenvalue weighted by Crippen LogP contribution is -2.45. The van der Waals surface area contributed by atoms with Gasteiger partial charge in [-0.15, -0.1) is 0 Å². The normalized spacial score (nSPS) is 26.5. The van der Waals surface area contributed by atoms with E-state index in [1.807, 2.05) is 24.3 Å². The lowest BCUT2D eigenvalue weighted by atomic mass is 9.81. The Bertz CT molecular complexity index is 1130. The number of anilines is 1. The maximum atomic E-state index is 11.6. The predicted octanol–water partition coefficient (Wildman–Crippen LogP) is 5.18. The van der Waals surface area contributed by atoms with E-state index in [9.17, 15) is 9.59 Å². The number of aliphatic imine (C=N–C) groups is 1. The topological polar surface area (TPSA) is 77.0 Å². The molecule has 32 heavy (non-hydrogen) atoms. The second-order valence-corrected chi connectivity index (χ2v) is 9.32. The number of carbonyl (C=O) groups is 2. The van der Waals surface area contributed by atoms with Crippen LogP contribution in [0.4, 0.5) is 5.69 Å².